The van der Waals surface area contributed by atoms with Crippen LogP contribution in [0.3, 0.4) is 0 Å². The highest BCUT2D eigenvalue weighted by Crippen LogP contribution is 2.28. The van der Waals surface area contributed by atoms with Crippen LogP contribution in [-0.2, 0) is 19.8 Å². The molecule has 0 amide bonds. The zero-order chi connectivity index (χ0) is 19.8. The lowest BCUT2D eigenvalue weighted by Crippen LogP contribution is -2.03. The zero-order valence-electron chi connectivity index (χ0n) is 15.2. The summed E-state index contributed by atoms with van der Waals surface area (Å²) in [7, 11) is 0. The number of hydrogen-bond donors (Lipinski definition) is 2. The Bertz CT molecular complexity index is 966. The first kappa shape index (κ1) is 19.3. The second kappa shape index (κ2) is 9.47. The molecule has 0 radical (unpaired) electrons. The van der Waals surface area contributed by atoms with Gasteiger partial charge in [0, 0.05) is 16.7 Å². The predicted octanol–water partition coefficient (Wildman–Crippen LogP) is 4.65. The number of nitrogens with zero attached hydrogens (tertiary/aromatic N) is 2. The van der Waals surface area contributed by atoms with Gasteiger partial charge in [-0.1, -0.05) is 36.3 Å². The number of benzene rings is 3. The maximum atomic E-state index is 9.59. The molecule has 0 aromatic heterocycles. The average Bonchev–Trinajstić information content (AvgIpc) is 2.77. The summed E-state index contributed by atoms with van der Waals surface area (Å²) < 4.78 is 5.86. The first-order valence-corrected chi connectivity index (χ1v) is 8.76. The van der Waals surface area contributed by atoms with Gasteiger partial charge in [0.2, 0.25) is 0 Å². The van der Waals surface area contributed by atoms with Crippen molar-refractivity contribution >= 4 is 11.4 Å². The predicted molar refractivity (Wildman–Crippen MR) is 108 cm³/mol. The highest BCUT2D eigenvalue weighted by Gasteiger charge is 2.11. The quantitative estimate of drug-likeness (QED) is 0.468. The lowest BCUT2D eigenvalue weighted by atomic mass is 10.0. The second-order valence-corrected chi connectivity index (χ2v) is 6.07. The standard InChI is InChI=1S/C23H20N2O3/c1-2-17-12-19(14-26)23(20(13-17)15-27)28-16-18-8-10-22(11-9-18)25-24-21-6-4-3-5-7-21/h1,3-13,26-27H,14-16H2. The van der Waals surface area contributed by atoms with Gasteiger partial charge in [0.15, 0.2) is 0 Å². The van der Waals surface area contributed by atoms with Crippen LogP contribution in [0.25, 0.3) is 0 Å². The highest BCUT2D eigenvalue weighted by atomic mass is 16.5. The first-order chi connectivity index (χ1) is 13.7. The Morgan fingerprint density at radius 2 is 1.39 bits per heavy atom. The average molecular weight is 372 g/mol. The normalized spacial score (nSPS) is 10.8. The minimum atomic E-state index is -0.226. The summed E-state index contributed by atoms with van der Waals surface area (Å²) in [4.78, 5) is 0. The Balaban J connectivity index is 1.70. The Morgan fingerprint density at radius 3 is 1.93 bits per heavy atom. The Kier molecular flexibility index (Phi) is 6.53. The molecule has 0 fully saturated rings. The van der Waals surface area contributed by atoms with Gasteiger partial charge < -0.3 is 14.9 Å². The summed E-state index contributed by atoms with van der Waals surface area (Å²) in [5.74, 6) is 2.97. The van der Waals surface area contributed by atoms with Crippen LogP contribution in [0.2, 0.25) is 0 Å². The fourth-order valence-electron chi connectivity index (χ4n) is 2.68. The molecule has 0 aliphatic rings. The summed E-state index contributed by atoms with van der Waals surface area (Å²) in [6.07, 6.45) is 5.42. The number of ether oxygens (including phenoxy) is 1. The van der Waals surface area contributed by atoms with Crippen molar-refractivity contribution in [3.63, 3.8) is 0 Å². The van der Waals surface area contributed by atoms with Crippen molar-refractivity contribution in [1.29, 1.82) is 0 Å². The molecule has 0 heterocycles. The molecule has 0 aliphatic carbocycles. The Morgan fingerprint density at radius 1 is 0.821 bits per heavy atom. The zero-order valence-corrected chi connectivity index (χ0v) is 15.2. The van der Waals surface area contributed by atoms with Crippen molar-refractivity contribution in [2.24, 2.45) is 10.2 Å². The van der Waals surface area contributed by atoms with Gasteiger partial charge >= 0.3 is 0 Å². The van der Waals surface area contributed by atoms with Crippen LogP contribution in [0.15, 0.2) is 77.0 Å². The van der Waals surface area contributed by atoms with Crippen LogP contribution in [0.5, 0.6) is 5.75 Å². The number of aliphatic hydroxyl groups excluding tert-OH is 2. The van der Waals surface area contributed by atoms with Gasteiger partial charge in [0.05, 0.1) is 24.6 Å². The monoisotopic (exact) mass is 372 g/mol. The summed E-state index contributed by atoms with van der Waals surface area (Å²) in [5, 5.41) is 27.6. The number of aliphatic hydroxyl groups is 2. The summed E-state index contributed by atoms with van der Waals surface area (Å²) in [6, 6.07) is 20.4. The van der Waals surface area contributed by atoms with E-state index in [1.807, 2.05) is 54.6 Å². The van der Waals surface area contributed by atoms with E-state index in [1.165, 1.54) is 0 Å². The van der Waals surface area contributed by atoms with E-state index in [2.05, 4.69) is 16.1 Å². The number of terminal acetylenes is 1. The third kappa shape index (κ3) is 4.83. The van der Waals surface area contributed by atoms with Crippen molar-refractivity contribution < 1.29 is 14.9 Å². The SMILES string of the molecule is C#Cc1cc(CO)c(OCc2ccc(N=Nc3ccccc3)cc2)c(CO)c1. The van der Waals surface area contributed by atoms with Gasteiger partial charge in [-0.15, -0.1) is 6.42 Å². The molecule has 5 heteroatoms. The van der Waals surface area contributed by atoms with E-state index >= 15 is 0 Å². The topological polar surface area (TPSA) is 74.4 Å². The molecular formula is C23H20N2O3. The van der Waals surface area contributed by atoms with Crippen molar-refractivity contribution in [2.45, 2.75) is 19.8 Å². The molecule has 0 saturated heterocycles. The van der Waals surface area contributed by atoms with Crippen molar-refractivity contribution in [1.82, 2.24) is 0 Å². The third-order valence-electron chi connectivity index (χ3n) is 4.11. The molecule has 0 bridgehead atoms. The van der Waals surface area contributed by atoms with E-state index in [0.717, 1.165) is 16.9 Å². The second-order valence-electron chi connectivity index (χ2n) is 6.07. The van der Waals surface area contributed by atoms with Gasteiger partial charge in [-0.25, -0.2) is 0 Å². The molecule has 3 aromatic rings. The Labute approximate surface area is 164 Å². The van der Waals surface area contributed by atoms with Crippen molar-refractivity contribution in [3.8, 4) is 18.1 Å². The smallest absolute Gasteiger partial charge is 0.130 e. The maximum Gasteiger partial charge on any atom is 0.130 e. The van der Waals surface area contributed by atoms with Crippen LogP contribution >= 0.6 is 0 Å². The lowest BCUT2D eigenvalue weighted by molar-refractivity contribution is 0.242. The van der Waals surface area contributed by atoms with Gasteiger partial charge in [-0.2, -0.15) is 10.2 Å². The molecule has 2 N–H and O–H groups in total. The summed E-state index contributed by atoms with van der Waals surface area (Å²) in [5.41, 5.74) is 4.14. The molecule has 3 aromatic carbocycles. The van der Waals surface area contributed by atoms with Crippen LogP contribution in [0, 0.1) is 12.3 Å². The summed E-state index contributed by atoms with van der Waals surface area (Å²) >= 11 is 0. The van der Waals surface area contributed by atoms with Crippen LogP contribution < -0.4 is 4.74 Å². The highest BCUT2D eigenvalue weighted by molar-refractivity contribution is 5.49. The van der Waals surface area contributed by atoms with Crippen molar-refractivity contribution in [2.75, 3.05) is 0 Å². The molecule has 0 saturated carbocycles. The molecule has 0 atom stereocenters. The first-order valence-electron chi connectivity index (χ1n) is 8.76. The molecule has 0 spiro atoms. The number of azo groups is 1. The number of hydrogen-bond acceptors (Lipinski definition) is 5. The van der Waals surface area contributed by atoms with Crippen LogP contribution in [-0.4, -0.2) is 10.2 Å². The molecule has 3 rings (SSSR count). The molecule has 5 nitrogen and oxygen atoms in total. The van der Waals surface area contributed by atoms with E-state index in [0.29, 0.717) is 22.4 Å². The fourth-order valence-corrected chi connectivity index (χ4v) is 2.68. The lowest BCUT2D eigenvalue weighted by Gasteiger charge is -2.15. The summed E-state index contributed by atoms with van der Waals surface area (Å²) in [6.45, 7) is -0.168. The number of rotatable bonds is 7. The van der Waals surface area contributed by atoms with Crippen LogP contribution in [0.1, 0.15) is 22.3 Å². The maximum absolute atomic E-state index is 9.59. The minimum absolute atomic E-state index is 0.226. The van der Waals surface area contributed by atoms with E-state index in [4.69, 9.17) is 11.2 Å². The van der Waals surface area contributed by atoms with Gasteiger partial charge in [0.25, 0.3) is 0 Å². The van der Waals surface area contributed by atoms with Gasteiger partial charge in [-0.3, -0.25) is 0 Å². The minimum Gasteiger partial charge on any atom is -0.488 e. The fraction of sp³-hybridized carbons (Fsp3) is 0.130. The van der Waals surface area contributed by atoms with Crippen LogP contribution in [0.4, 0.5) is 11.4 Å². The van der Waals surface area contributed by atoms with Gasteiger partial charge in [0.1, 0.15) is 12.4 Å². The molecular weight excluding hydrogens is 352 g/mol. The van der Waals surface area contributed by atoms with E-state index in [9.17, 15) is 10.2 Å². The van der Waals surface area contributed by atoms with E-state index < -0.39 is 0 Å². The van der Waals surface area contributed by atoms with Gasteiger partial charge in [-0.05, 0) is 42.0 Å². The molecule has 28 heavy (non-hydrogen) atoms. The van der Waals surface area contributed by atoms with E-state index in [1.54, 1.807) is 12.1 Å². The molecule has 0 unspecified atom stereocenters. The van der Waals surface area contributed by atoms with E-state index in [-0.39, 0.29) is 19.8 Å². The van der Waals surface area contributed by atoms with Crippen molar-refractivity contribution in [3.05, 3.63) is 89.0 Å². The largest absolute Gasteiger partial charge is 0.488 e. The molecule has 0 aliphatic heterocycles. The molecule has 140 valence electrons. The Hall–Kier alpha value is -3.46. The third-order valence-corrected chi connectivity index (χ3v) is 4.11.